The van der Waals surface area contributed by atoms with Crippen molar-refractivity contribution in [2.24, 2.45) is 5.92 Å². The van der Waals surface area contributed by atoms with Gasteiger partial charge in [0.1, 0.15) is 0 Å². The summed E-state index contributed by atoms with van der Waals surface area (Å²) in [5, 5.41) is 5.65. The second-order valence-electron chi connectivity index (χ2n) is 7.19. The van der Waals surface area contributed by atoms with E-state index in [1.54, 1.807) is 35.4 Å². The van der Waals surface area contributed by atoms with Gasteiger partial charge in [0.25, 0.3) is 5.91 Å². The molecular formula is C21H24N4O3. The predicted octanol–water partition coefficient (Wildman–Crippen LogP) is 2.21. The molecule has 3 rings (SSSR count). The number of amides is 3. The van der Waals surface area contributed by atoms with Gasteiger partial charge in [0.05, 0.1) is 18.2 Å². The minimum absolute atomic E-state index is 0.0495. The predicted molar refractivity (Wildman–Crippen MR) is 105 cm³/mol. The third kappa shape index (κ3) is 4.94. The van der Waals surface area contributed by atoms with Gasteiger partial charge >= 0.3 is 0 Å². The maximum atomic E-state index is 12.5. The van der Waals surface area contributed by atoms with Gasteiger partial charge in [0, 0.05) is 36.5 Å². The minimum atomic E-state index is -0.403. The van der Waals surface area contributed by atoms with Crippen molar-refractivity contribution in [3.05, 3.63) is 59.9 Å². The standard InChI is InChI=1S/C21H24N4O3/c1-14(2)23-20(27)15-6-8-17(9-7-15)24-21(28)16-11-19(26)25(12-16)13-18-5-3-4-10-22-18/h3-10,14,16H,11-13H2,1-2H3,(H,23,27)(H,24,28). The van der Waals surface area contributed by atoms with Gasteiger partial charge in [-0.3, -0.25) is 19.4 Å². The first-order chi connectivity index (χ1) is 13.4. The molecule has 1 saturated heterocycles. The van der Waals surface area contributed by atoms with Crippen LogP contribution in [0.15, 0.2) is 48.7 Å². The van der Waals surface area contributed by atoms with E-state index in [4.69, 9.17) is 0 Å². The van der Waals surface area contributed by atoms with E-state index in [1.165, 1.54) is 0 Å². The fraction of sp³-hybridized carbons (Fsp3) is 0.333. The van der Waals surface area contributed by atoms with Crippen LogP contribution in [-0.2, 0) is 16.1 Å². The molecule has 0 radical (unpaired) electrons. The van der Waals surface area contributed by atoms with E-state index in [1.807, 2.05) is 32.0 Å². The lowest BCUT2D eigenvalue weighted by Gasteiger charge is -2.16. The lowest BCUT2D eigenvalue weighted by molar-refractivity contribution is -0.128. The second kappa shape index (κ2) is 8.65. The Bertz CT molecular complexity index is 850. The van der Waals surface area contributed by atoms with Gasteiger partial charge in [-0.05, 0) is 50.2 Å². The van der Waals surface area contributed by atoms with Crippen molar-refractivity contribution in [2.75, 3.05) is 11.9 Å². The average molecular weight is 380 g/mol. The number of carbonyl (C=O) groups is 3. The van der Waals surface area contributed by atoms with Crippen LogP contribution in [0.2, 0.25) is 0 Å². The number of hydrogen-bond acceptors (Lipinski definition) is 4. The number of carbonyl (C=O) groups excluding carboxylic acids is 3. The van der Waals surface area contributed by atoms with Crippen LogP contribution in [0.25, 0.3) is 0 Å². The maximum Gasteiger partial charge on any atom is 0.251 e. The molecule has 1 aliphatic heterocycles. The van der Waals surface area contributed by atoms with Gasteiger partial charge in [0.2, 0.25) is 11.8 Å². The topological polar surface area (TPSA) is 91.4 Å². The largest absolute Gasteiger partial charge is 0.350 e. The van der Waals surface area contributed by atoms with E-state index >= 15 is 0 Å². The molecule has 1 aromatic heterocycles. The fourth-order valence-corrected chi connectivity index (χ4v) is 3.08. The third-order valence-electron chi connectivity index (χ3n) is 4.50. The van der Waals surface area contributed by atoms with Crippen LogP contribution in [0.4, 0.5) is 5.69 Å². The zero-order valence-electron chi connectivity index (χ0n) is 16.0. The quantitative estimate of drug-likeness (QED) is 0.804. The van der Waals surface area contributed by atoms with Crippen molar-refractivity contribution in [1.82, 2.24) is 15.2 Å². The molecule has 3 amide bonds. The molecule has 146 valence electrons. The first kappa shape index (κ1) is 19.5. The maximum absolute atomic E-state index is 12.5. The Morgan fingerprint density at radius 1 is 1.18 bits per heavy atom. The number of anilines is 1. The Balaban J connectivity index is 1.56. The first-order valence-electron chi connectivity index (χ1n) is 9.32. The molecule has 0 bridgehead atoms. The van der Waals surface area contributed by atoms with Crippen LogP contribution in [0.5, 0.6) is 0 Å². The fourth-order valence-electron chi connectivity index (χ4n) is 3.08. The number of nitrogens with zero attached hydrogens (tertiary/aromatic N) is 2. The van der Waals surface area contributed by atoms with E-state index in [0.717, 1.165) is 5.69 Å². The average Bonchev–Trinajstić information content (AvgIpc) is 3.03. The van der Waals surface area contributed by atoms with Crippen LogP contribution >= 0.6 is 0 Å². The summed E-state index contributed by atoms with van der Waals surface area (Å²) in [7, 11) is 0. The van der Waals surface area contributed by atoms with Gasteiger partial charge < -0.3 is 15.5 Å². The van der Waals surface area contributed by atoms with Crippen LogP contribution in [0, 0.1) is 5.92 Å². The van der Waals surface area contributed by atoms with Gasteiger partial charge in [-0.15, -0.1) is 0 Å². The molecule has 0 aliphatic carbocycles. The molecule has 2 N–H and O–H groups in total. The van der Waals surface area contributed by atoms with Gasteiger partial charge in [-0.2, -0.15) is 0 Å². The van der Waals surface area contributed by atoms with Crippen molar-refractivity contribution in [1.29, 1.82) is 0 Å². The summed E-state index contributed by atoms with van der Waals surface area (Å²) in [6.45, 7) is 4.57. The summed E-state index contributed by atoms with van der Waals surface area (Å²) in [5.41, 5.74) is 1.93. The van der Waals surface area contributed by atoms with E-state index in [-0.39, 0.29) is 30.2 Å². The molecule has 7 nitrogen and oxygen atoms in total. The molecule has 2 heterocycles. The molecular weight excluding hydrogens is 356 g/mol. The summed E-state index contributed by atoms with van der Waals surface area (Å²) in [5.74, 6) is -0.803. The van der Waals surface area contributed by atoms with Crippen molar-refractivity contribution < 1.29 is 14.4 Å². The highest BCUT2D eigenvalue weighted by atomic mass is 16.2. The van der Waals surface area contributed by atoms with E-state index in [0.29, 0.717) is 24.3 Å². The van der Waals surface area contributed by atoms with Crippen molar-refractivity contribution in [3.8, 4) is 0 Å². The molecule has 1 fully saturated rings. The van der Waals surface area contributed by atoms with E-state index in [2.05, 4.69) is 15.6 Å². The van der Waals surface area contributed by atoms with Crippen molar-refractivity contribution in [3.63, 3.8) is 0 Å². The van der Waals surface area contributed by atoms with Gasteiger partial charge in [0.15, 0.2) is 0 Å². The van der Waals surface area contributed by atoms with Gasteiger partial charge in [-0.25, -0.2) is 0 Å². The Labute approximate surface area is 164 Å². The van der Waals surface area contributed by atoms with E-state index < -0.39 is 5.92 Å². The number of rotatable bonds is 6. The zero-order valence-corrected chi connectivity index (χ0v) is 16.0. The minimum Gasteiger partial charge on any atom is -0.350 e. The zero-order chi connectivity index (χ0) is 20.1. The van der Waals surface area contributed by atoms with Gasteiger partial charge in [-0.1, -0.05) is 6.07 Å². The number of nitrogens with one attached hydrogen (secondary N) is 2. The molecule has 2 aromatic rings. The molecule has 7 heteroatoms. The van der Waals surface area contributed by atoms with Crippen molar-refractivity contribution in [2.45, 2.75) is 32.9 Å². The summed E-state index contributed by atoms with van der Waals surface area (Å²) in [4.78, 5) is 42.6. The summed E-state index contributed by atoms with van der Waals surface area (Å²) >= 11 is 0. The van der Waals surface area contributed by atoms with E-state index in [9.17, 15) is 14.4 Å². The van der Waals surface area contributed by atoms with Crippen LogP contribution in [0.1, 0.15) is 36.3 Å². The normalized spacial score (nSPS) is 16.3. The molecule has 1 unspecified atom stereocenters. The molecule has 1 atom stereocenters. The Morgan fingerprint density at radius 3 is 2.57 bits per heavy atom. The van der Waals surface area contributed by atoms with Crippen LogP contribution in [-0.4, -0.2) is 40.2 Å². The lowest BCUT2D eigenvalue weighted by Crippen LogP contribution is -2.30. The molecule has 28 heavy (non-hydrogen) atoms. The highest BCUT2D eigenvalue weighted by Gasteiger charge is 2.34. The summed E-state index contributed by atoms with van der Waals surface area (Å²) in [6, 6.07) is 12.3. The molecule has 0 spiro atoms. The van der Waals surface area contributed by atoms with Crippen molar-refractivity contribution >= 4 is 23.4 Å². The molecule has 1 aromatic carbocycles. The first-order valence-corrected chi connectivity index (χ1v) is 9.32. The molecule has 0 saturated carbocycles. The number of likely N-dealkylation sites (tertiary alicyclic amines) is 1. The number of benzene rings is 1. The SMILES string of the molecule is CC(C)NC(=O)c1ccc(NC(=O)C2CC(=O)N(Cc3ccccn3)C2)cc1. The Morgan fingerprint density at radius 2 is 1.93 bits per heavy atom. The highest BCUT2D eigenvalue weighted by molar-refractivity contribution is 5.98. The third-order valence-corrected chi connectivity index (χ3v) is 4.50. The highest BCUT2D eigenvalue weighted by Crippen LogP contribution is 2.21. The second-order valence-corrected chi connectivity index (χ2v) is 7.19. The van der Waals surface area contributed by atoms with Crippen LogP contribution < -0.4 is 10.6 Å². The lowest BCUT2D eigenvalue weighted by atomic mass is 10.1. The Kier molecular flexibility index (Phi) is 6.03. The smallest absolute Gasteiger partial charge is 0.251 e. The Hall–Kier alpha value is -3.22. The number of hydrogen-bond donors (Lipinski definition) is 2. The summed E-state index contributed by atoms with van der Waals surface area (Å²) < 4.78 is 0. The number of aromatic nitrogens is 1. The molecule has 1 aliphatic rings. The summed E-state index contributed by atoms with van der Waals surface area (Å²) in [6.07, 6.45) is 1.87. The monoisotopic (exact) mass is 380 g/mol. The van der Waals surface area contributed by atoms with Crippen LogP contribution in [0.3, 0.4) is 0 Å². The number of pyridine rings is 1.